The van der Waals surface area contributed by atoms with Crippen molar-refractivity contribution < 1.29 is 0 Å². The highest BCUT2D eigenvalue weighted by atomic mass is 15.0. The lowest BCUT2D eigenvalue weighted by molar-refractivity contribution is 0.909. The molecule has 0 saturated heterocycles. The van der Waals surface area contributed by atoms with Gasteiger partial charge in [0.2, 0.25) is 0 Å². The molecular formula is C46H32N2. The first-order valence-corrected chi connectivity index (χ1v) is 16.8. The molecule has 2 aromatic heterocycles. The zero-order valence-electron chi connectivity index (χ0n) is 26.4. The van der Waals surface area contributed by atoms with Gasteiger partial charge in [0.25, 0.3) is 0 Å². The molecule has 0 amide bonds. The Labute approximate surface area is 278 Å². The molecule has 0 bridgehead atoms. The van der Waals surface area contributed by atoms with E-state index in [9.17, 15) is 0 Å². The van der Waals surface area contributed by atoms with E-state index in [1.807, 2.05) is 0 Å². The monoisotopic (exact) mass is 612 g/mol. The molecule has 0 radical (unpaired) electrons. The molecule has 0 aliphatic heterocycles. The highest BCUT2D eigenvalue weighted by Crippen LogP contribution is 2.36. The van der Waals surface area contributed by atoms with Gasteiger partial charge >= 0.3 is 0 Å². The number of aromatic nitrogens is 2. The molecule has 1 aliphatic rings. The first-order chi connectivity index (χ1) is 23.8. The predicted molar refractivity (Wildman–Crippen MR) is 203 cm³/mol. The van der Waals surface area contributed by atoms with Crippen molar-refractivity contribution in [3.05, 3.63) is 180 Å². The molecular weight excluding hydrogens is 581 g/mol. The van der Waals surface area contributed by atoms with Crippen LogP contribution in [0.25, 0.3) is 78.1 Å². The lowest BCUT2D eigenvalue weighted by Gasteiger charge is -2.16. The zero-order valence-corrected chi connectivity index (χ0v) is 26.4. The summed E-state index contributed by atoms with van der Waals surface area (Å²) in [6, 6.07) is 59.8. The highest BCUT2D eigenvalue weighted by Gasteiger charge is 2.19. The Bertz CT molecular complexity index is 2800. The van der Waals surface area contributed by atoms with Crippen molar-refractivity contribution in [2.24, 2.45) is 0 Å². The zero-order chi connectivity index (χ0) is 31.6. The van der Waals surface area contributed by atoms with E-state index in [0.29, 0.717) is 5.92 Å². The smallest absolute Gasteiger partial charge is 0.0541 e. The van der Waals surface area contributed by atoms with Crippen LogP contribution >= 0.6 is 0 Å². The van der Waals surface area contributed by atoms with Crippen molar-refractivity contribution in [3.63, 3.8) is 0 Å². The number of rotatable bonds is 4. The molecule has 9 aromatic rings. The minimum atomic E-state index is 0.296. The van der Waals surface area contributed by atoms with E-state index in [0.717, 1.165) is 6.42 Å². The molecule has 10 rings (SSSR count). The molecule has 2 nitrogen and oxygen atoms in total. The first-order valence-electron chi connectivity index (χ1n) is 16.8. The SMILES string of the molecule is C1=c2c(n(-c3ccc4ccccc4c3)c3ccccc23)=CCC1c1ccc2c(c1)c1ccccc1n2-c1ccc(-c2ccccc2)cc1. The summed E-state index contributed by atoms with van der Waals surface area (Å²) in [5.41, 5.74) is 9.93. The van der Waals surface area contributed by atoms with E-state index in [2.05, 4.69) is 185 Å². The second-order valence-corrected chi connectivity index (χ2v) is 12.9. The van der Waals surface area contributed by atoms with Gasteiger partial charge in [0.1, 0.15) is 0 Å². The number of nitrogens with zero attached hydrogens (tertiary/aromatic N) is 2. The van der Waals surface area contributed by atoms with Gasteiger partial charge in [0.05, 0.1) is 16.6 Å². The fourth-order valence-corrected chi connectivity index (χ4v) is 7.93. The minimum Gasteiger partial charge on any atom is -0.310 e. The quantitative estimate of drug-likeness (QED) is 0.187. The summed E-state index contributed by atoms with van der Waals surface area (Å²) < 4.78 is 4.86. The topological polar surface area (TPSA) is 9.86 Å². The van der Waals surface area contributed by atoms with E-state index in [4.69, 9.17) is 0 Å². The Hall–Kier alpha value is -6.12. The van der Waals surface area contributed by atoms with Gasteiger partial charge in [-0.15, -0.1) is 0 Å². The lowest BCUT2D eigenvalue weighted by atomic mass is 9.90. The van der Waals surface area contributed by atoms with Crippen LogP contribution in [0.4, 0.5) is 0 Å². The van der Waals surface area contributed by atoms with E-state index >= 15 is 0 Å². The Balaban J connectivity index is 1.10. The molecule has 1 atom stereocenters. The van der Waals surface area contributed by atoms with Gasteiger partial charge in [-0.2, -0.15) is 0 Å². The largest absolute Gasteiger partial charge is 0.310 e. The maximum absolute atomic E-state index is 2.51. The maximum Gasteiger partial charge on any atom is 0.0541 e. The fraction of sp³-hybridized carbons (Fsp3) is 0.0435. The Kier molecular flexibility index (Phi) is 6.04. The van der Waals surface area contributed by atoms with Crippen molar-refractivity contribution in [1.29, 1.82) is 0 Å². The summed E-state index contributed by atoms with van der Waals surface area (Å²) in [5, 5.41) is 9.04. The minimum absolute atomic E-state index is 0.296. The van der Waals surface area contributed by atoms with Gasteiger partial charge in [-0.3, -0.25) is 0 Å². The van der Waals surface area contributed by atoms with Crippen molar-refractivity contribution in [3.8, 4) is 22.5 Å². The summed E-state index contributed by atoms with van der Waals surface area (Å²) in [7, 11) is 0. The van der Waals surface area contributed by atoms with Crippen LogP contribution in [0, 0.1) is 0 Å². The molecule has 2 heterocycles. The van der Waals surface area contributed by atoms with Gasteiger partial charge in [-0.1, -0.05) is 127 Å². The van der Waals surface area contributed by atoms with Crippen LogP contribution in [0.5, 0.6) is 0 Å². The predicted octanol–water partition coefficient (Wildman–Crippen LogP) is 10.3. The highest BCUT2D eigenvalue weighted by molar-refractivity contribution is 6.09. The third-order valence-corrected chi connectivity index (χ3v) is 10.2. The summed E-state index contributed by atoms with van der Waals surface area (Å²) in [4.78, 5) is 0. The molecule has 2 heteroatoms. The van der Waals surface area contributed by atoms with Crippen LogP contribution in [-0.2, 0) is 0 Å². The molecule has 0 spiro atoms. The van der Waals surface area contributed by atoms with Crippen molar-refractivity contribution >= 4 is 55.6 Å². The normalized spacial score (nSPS) is 14.3. The number of benzene rings is 7. The molecule has 7 aromatic carbocycles. The molecule has 226 valence electrons. The molecule has 0 N–H and O–H groups in total. The van der Waals surface area contributed by atoms with Gasteiger partial charge in [0, 0.05) is 44.0 Å². The van der Waals surface area contributed by atoms with E-state index in [1.165, 1.54) is 82.1 Å². The van der Waals surface area contributed by atoms with Crippen LogP contribution in [-0.4, -0.2) is 9.13 Å². The Morgan fingerprint density at radius 3 is 1.92 bits per heavy atom. The summed E-state index contributed by atoms with van der Waals surface area (Å²) in [6.45, 7) is 0. The summed E-state index contributed by atoms with van der Waals surface area (Å²) in [5.74, 6) is 0.296. The van der Waals surface area contributed by atoms with Crippen LogP contribution < -0.4 is 10.6 Å². The lowest BCUT2D eigenvalue weighted by Crippen LogP contribution is -2.31. The van der Waals surface area contributed by atoms with Crippen LogP contribution in [0.3, 0.4) is 0 Å². The third-order valence-electron chi connectivity index (χ3n) is 10.2. The Morgan fingerprint density at radius 2 is 1.08 bits per heavy atom. The second kappa shape index (κ2) is 10.7. The van der Waals surface area contributed by atoms with Gasteiger partial charge in [-0.05, 0) is 82.4 Å². The standard InChI is InChI=1S/C46H32N2/c1-2-10-31(11-3-1)33-18-23-37(24-19-33)47-43-16-8-6-14-39(43)41-29-35(21-26-45(41)47)36-22-27-46-42(30-36)40-15-7-9-17-44(40)48(46)38-25-20-32-12-4-5-13-34(32)28-38/h1-21,23-30,36H,22H2. The van der Waals surface area contributed by atoms with Gasteiger partial charge < -0.3 is 9.13 Å². The molecule has 0 saturated carbocycles. The number of hydrogen-bond acceptors (Lipinski definition) is 0. The van der Waals surface area contributed by atoms with Crippen LogP contribution in [0.2, 0.25) is 0 Å². The van der Waals surface area contributed by atoms with E-state index in [-0.39, 0.29) is 0 Å². The van der Waals surface area contributed by atoms with Crippen molar-refractivity contribution in [1.82, 2.24) is 9.13 Å². The second-order valence-electron chi connectivity index (χ2n) is 12.9. The molecule has 1 unspecified atom stereocenters. The van der Waals surface area contributed by atoms with Crippen LogP contribution in [0.1, 0.15) is 17.9 Å². The van der Waals surface area contributed by atoms with Crippen LogP contribution in [0.15, 0.2) is 164 Å². The summed E-state index contributed by atoms with van der Waals surface area (Å²) in [6.07, 6.45) is 5.93. The van der Waals surface area contributed by atoms with E-state index < -0.39 is 0 Å². The number of fused-ring (bicyclic) bond motifs is 7. The molecule has 0 fully saturated rings. The van der Waals surface area contributed by atoms with Crippen molar-refractivity contribution in [2.75, 3.05) is 0 Å². The fourth-order valence-electron chi connectivity index (χ4n) is 7.93. The molecule has 1 aliphatic carbocycles. The van der Waals surface area contributed by atoms with Gasteiger partial charge in [0.15, 0.2) is 0 Å². The Morgan fingerprint density at radius 1 is 0.438 bits per heavy atom. The number of para-hydroxylation sites is 2. The molecule has 48 heavy (non-hydrogen) atoms. The first kappa shape index (κ1) is 27.0. The maximum atomic E-state index is 2.51. The number of hydrogen-bond donors (Lipinski definition) is 0. The summed E-state index contributed by atoms with van der Waals surface area (Å²) >= 11 is 0. The average Bonchev–Trinajstić information content (AvgIpc) is 3.67. The van der Waals surface area contributed by atoms with Crippen molar-refractivity contribution in [2.45, 2.75) is 12.3 Å². The average molecular weight is 613 g/mol. The third kappa shape index (κ3) is 4.19. The van der Waals surface area contributed by atoms with Gasteiger partial charge in [-0.25, -0.2) is 0 Å². The van der Waals surface area contributed by atoms with E-state index in [1.54, 1.807) is 0 Å².